The van der Waals surface area contributed by atoms with Crippen molar-refractivity contribution in [1.82, 2.24) is 14.5 Å². The Hall–Kier alpha value is -3.67. The maximum absolute atomic E-state index is 12.0. The number of fused-ring (bicyclic) bond motifs is 1. The Morgan fingerprint density at radius 2 is 2.00 bits per heavy atom. The van der Waals surface area contributed by atoms with Crippen molar-refractivity contribution in [3.63, 3.8) is 0 Å². The third kappa shape index (κ3) is 3.25. The molecule has 0 atom stereocenters. The lowest BCUT2D eigenvalue weighted by Crippen LogP contribution is -2.08. The van der Waals surface area contributed by atoms with Gasteiger partial charge in [0.25, 0.3) is 0 Å². The molecular weight excluding hydrogens is 328 g/mol. The summed E-state index contributed by atoms with van der Waals surface area (Å²) in [5, 5.41) is 2.77. The van der Waals surface area contributed by atoms with Crippen LogP contribution in [0.5, 0.6) is 0 Å². The number of hydrogen-bond acceptors (Lipinski definition) is 4. The van der Waals surface area contributed by atoms with E-state index in [1.54, 1.807) is 24.7 Å². The molecule has 1 aromatic carbocycles. The number of carbonyl (C=O) groups is 1. The molecular formula is C20H16N4O2. The molecule has 0 fully saturated rings. The molecule has 3 aromatic heterocycles. The number of anilines is 1. The van der Waals surface area contributed by atoms with E-state index in [1.807, 2.05) is 54.0 Å². The predicted octanol–water partition coefficient (Wildman–Crippen LogP) is 3.97. The van der Waals surface area contributed by atoms with E-state index in [4.69, 9.17) is 4.42 Å². The number of benzene rings is 1. The SMILES string of the molecule is Cc1ccc(/C=C/C(=O)Nc2ccc(-n3cnc4ccccc43)nc2)o1. The third-order valence-electron chi connectivity index (χ3n) is 3.88. The fourth-order valence-electron chi connectivity index (χ4n) is 2.63. The van der Waals surface area contributed by atoms with E-state index < -0.39 is 0 Å². The zero-order valence-corrected chi connectivity index (χ0v) is 14.1. The number of pyridine rings is 1. The van der Waals surface area contributed by atoms with Gasteiger partial charge in [-0.1, -0.05) is 12.1 Å². The Balaban J connectivity index is 1.47. The van der Waals surface area contributed by atoms with Crippen molar-refractivity contribution in [3.8, 4) is 5.82 Å². The number of nitrogens with zero attached hydrogens (tertiary/aromatic N) is 3. The number of para-hydroxylation sites is 2. The molecule has 4 rings (SSSR count). The Morgan fingerprint density at radius 1 is 1.12 bits per heavy atom. The second-order valence-electron chi connectivity index (χ2n) is 5.78. The fourth-order valence-corrected chi connectivity index (χ4v) is 2.63. The minimum absolute atomic E-state index is 0.248. The van der Waals surface area contributed by atoms with E-state index in [0.717, 1.165) is 22.6 Å². The second kappa shape index (κ2) is 6.68. The third-order valence-corrected chi connectivity index (χ3v) is 3.88. The lowest BCUT2D eigenvalue weighted by molar-refractivity contribution is -0.111. The van der Waals surface area contributed by atoms with Crippen molar-refractivity contribution in [3.05, 3.63) is 78.7 Å². The molecule has 0 saturated heterocycles. The molecule has 1 amide bonds. The van der Waals surface area contributed by atoms with Crippen LogP contribution in [-0.4, -0.2) is 20.4 Å². The van der Waals surface area contributed by atoms with Crippen LogP contribution < -0.4 is 5.32 Å². The maximum atomic E-state index is 12.0. The summed E-state index contributed by atoms with van der Waals surface area (Å²) in [5.74, 6) is 1.93. The Kier molecular flexibility index (Phi) is 4.07. The van der Waals surface area contributed by atoms with Gasteiger partial charge in [0.1, 0.15) is 23.7 Å². The van der Waals surface area contributed by atoms with Crippen LogP contribution in [0.3, 0.4) is 0 Å². The first-order valence-electron chi connectivity index (χ1n) is 8.13. The van der Waals surface area contributed by atoms with Gasteiger partial charge in [0.2, 0.25) is 5.91 Å². The molecule has 4 aromatic rings. The topological polar surface area (TPSA) is 73.0 Å². The van der Waals surface area contributed by atoms with Crippen molar-refractivity contribution < 1.29 is 9.21 Å². The standard InChI is InChI=1S/C20H16N4O2/c1-14-6-8-16(26-14)9-11-20(25)23-15-7-10-19(21-12-15)24-13-22-17-4-2-3-5-18(17)24/h2-13H,1H3,(H,23,25)/b11-9+. The van der Waals surface area contributed by atoms with Crippen LogP contribution in [0.15, 0.2) is 71.5 Å². The molecule has 6 nitrogen and oxygen atoms in total. The average Bonchev–Trinajstić information content (AvgIpc) is 3.27. The summed E-state index contributed by atoms with van der Waals surface area (Å²) in [7, 11) is 0. The van der Waals surface area contributed by atoms with Crippen molar-refractivity contribution in [2.24, 2.45) is 0 Å². The molecule has 0 unspecified atom stereocenters. The maximum Gasteiger partial charge on any atom is 0.248 e. The molecule has 0 aliphatic heterocycles. The zero-order valence-electron chi connectivity index (χ0n) is 14.1. The van der Waals surface area contributed by atoms with Crippen LogP contribution in [0.25, 0.3) is 22.9 Å². The van der Waals surface area contributed by atoms with Crippen molar-refractivity contribution in [1.29, 1.82) is 0 Å². The van der Waals surface area contributed by atoms with Crippen LogP contribution in [0.2, 0.25) is 0 Å². The molecule has 0 spiro atoms. The normalized spacial score (nSPS) is 11.3. The summed E-state index contributed by atoms with van der Waals surface area (Å²) in [6.07, 6.45) is 6.41. The van der Waals surface area contributed by atoms with Gasteiger partial charge in [0.05, 0.1) is 22.9 Å². The first-order valence-corrected chi connectivity index (χ1v) is 8.13. The molecule has 0 saturated carbocycles. The van der Waals surface area contributed by atoms with Gasteiger partial charge >= 0.3 is 0 Å². The largest absolute Gasteiger partial charge is 0.462 e. The molecule has 6 heteroatoms. The monoisotopic (exact) mass is 344 g/mol. The van der Waals surface area contributed by atoms with Gasteiger partial charge in [-0.2, -0.15) is 0 Å². The van der Waals surface area contributed by atoms with Gasteiger partial charge in [0.15, 0.2) is 0 Å². The zero-order chi connectivity index (χ0) is 17.9. The van der Waals surface area contributed by atoms with E-state index >= 15 is 0 Å². The number of aromatic nitrogens is 3. The molecule has 0 radical (unpaired) electrons. The molecule has 3 heterocycles. The Morgan fingerprint density at radius 3 is 2.77 bits per heavy atom. The summed E-state index contributed by atoms with van der Waals surface area (Å²) in [4.78, 5) is 20.8. The van der Waals surface area contributed by atoms with Crippen LogP contribution in [0.1, 0.15) is 11.5 Å². The molecule has 26 heavy (non-hydrogen) atoms. The number of furan rings is 1. The summed E-state index contributed by atoms with van der Waals surface area (Å²) in [6, 6.07) is 15.1. The lowest BCUT2D eigenvalue weighted by atomic mass is 10.3. The minimum Gasteiger partial charge on any atom is -0.462 e. The van der Waals surface area contributed by atoms with E-state index in [2.05, 4.69) is 15.3 Å². The van der Waals surface area contributed by atoms with Crippen molar-refractivity contribution in [2.75, 3.05) is 5.32 Å². The van der Waals surface area contributed by atoms with E-state index in [1.165, 1.54) is 6.08 Å². The van der Waals surface area contributed by atoms with Crippen LogP contribution in [-0.2, 0) is 4.79 Å². The highest BCUT2D eigenvalue weighted by Crippen LogP contribution is 2.17. The number of nitrogens with one attached hydrogen (secondary N) is 1. The molecule has 0 aliphatic carbocycles. The summed E-state index contributed by atoms with van der Waals surface area (Å²) < 4.78 is 7.29. The smallest absolute Gasteiger partial charge is 0.248 e. The van der Waals surface area contributed by atoms with Gasteiger partial charge in [-0.25, -0.2) is 9.97 Å². The highest BCUT2D eigenvalue weighted by atomic mass is 16.3. The van der Waals surface area contributed by atoms with Crippen LogP contribution >= 0.6 is 0 Å². The highest BCUT2D eigenvalue weighted by Gasteiger charge is 2.05. The number of imidazole rings is 1. The number of aryl methyl sites for hydroxylation is 1. The quantitative estimate of drug-likeness (QED) is 0.569. The average molecular weight is 344 g/mol. The predicted molar refractivity (Wildman–Crippen MR) is 100.0 cm³/mol. The van der Waals surface area contributed by atoms with Crippen molar-refractivity contribution in [2.45, 2.75) is 6.92 Å². The van der Waals surface area contributed by atoms with Gasteiger partial charge in [0, 0.05) is 6.08 Å². The van der Waals surface area contributed by atoms with E-state index in [-0.39, 0.29) is 5.91 Å². The van der Waals surface area contributed by atoms with Crippen LogP contribution in [0, 0.1) is 6.92 Å². The highest BCUT2D eigenvalue weighted by molar-refractivity contribution is 6.01. The molecule has 0 bridgehead atoms. The summed E-state index contributed by atoms with van der Waals surface area (Å²) >= 11 is 0. The molecule has 0 aliphatic rings. The Labute approximate surface area is 149 Å². The molecule has 128 valence electrons. The molecule has 1 N–H and O–H groups in total. The summed E-state index contributed by atoms with van der Waals surface area (Å²) in [5.41, 5.74) is 2.50. The first kappa shape index (κ1) is 15.8. The van der Waals surface area contributed by atoms with Gasteiger partial charge < -0.3 is 9.73 Å². The number of amides is 1. The number of carbonyl (C=O) groups excluding carboxylic acids is 1. The Bertz CT molecular complexity index is 1090. The van der Waals surface area contributed by atoms with E-state index in [9.17, 15) is 4.79 Å². The second-order valence-corrected chi connectivity index (χ2v) is 5.78. The van der Waals surface area contributed by atoms with E-state index in [0.29, 0.717) is 11.4 Å². The minimum atomic E-state index is -0.248. The van der Waals surface area contributed by atoms with Crippen molar-refractivity contribution >= 4 is 28.7 Å². The number of rotatable bonds is 4. The fraction of sp³-hybridized carbons (Fsp3) is 0.0500. The van der Waals surface area contributed by atoms with Crippen LogP contribution in [0.4, 0.5) is 5.69 Å². The lowest BCUT2D eigenvalue weighted by Gasteiger charge is -2.05. The first-order chi connectivity index (χ1) is 12.7. The van der Waals surface area contributed by atoms with Gasteiger partial charge in [-0.05, 0) is 49.4 Å². The summed E-state index contributed by atoms with van der Waals surface area (Å²) in [6.45, 7) is 1.86. The van der Waals surface area contributed by atoms with Gasteiger partial charge in [-0.3, -0.25) is 9.36 Å². The van der Waals surface area contributed by atoms with Gasteiger partial charge in [-0.15, -0.1) is 0 Å². The number of hydrogen-bond donors (Lipinski definition) is 1.